The fourth-order valence-corrected chi connectivity index (χ4v) is 11.4. The summed E-state index contributed by atoms with van der Waals surface area (Å²) in [4.78, 5) is 119. The molecule has 1 saturated carbocycles. The van der Waals surface area contributed by atoms with Crippen molar-refractivity contribution in [3.8, 4) is 39.8 Å². The summed E-state index contributed by atoms with van der Waals surface area (Å²) in [5.41, 5.74) is 4.45. The van der Waals surface area contributed by atoms with Crippen LogP contribution in [0.3, 0.4) is 0 Å². The molecule has 0 unspecified atom stereocenters. The van der Waals surface area contributed by atoms with Gasteiger partial charge >= 0.3 is 49.3 Å². The first-order valence-electron chi connectivity index (χ1n) is 38.4. The number of nitrogens with one attached hydrogen (secondary N) is 4. The Hall–Kier alpha value is -13.6. The van der Waals surface area contributed by atoms with E-state index in [1.54, 1.807) is 151 Å². The predicted molar refractivity (Wildman–Crippen MR) is 446 cm³/mol. The van der Waals surface area contributed by atoms with Gasteiger partial charge in [0.15, 0.2) is 5.69 Å². The fourth-order valence-electron chi connectivity index (χ4n) is 11.3. The Morgan fingerprint density at radius 1 is 0.504 bits per heavy atom. The van der Waals surface area contributed by atoms with Gasteiger partial charge in [0, 0.05) is 69.6 Å². The first-order valence-corrected chi connectivity index (χ1v) is 38.7. The Kier molecular flexibility index (Phi) is 32.5. The van der Waals surface area contributed by atoms with E-state index in [1.165, 1.54) is 84.0 Å². The molecule has 2 atom stereocenters. The molecule has 12 rings (SSSR count). The third kappa shape index (κ3) is 28.5. The van der Waals surface area contributed by atoms with Crippen molar-refractivity contribution >= 4 is 95.0 Å². The molecule has 2 aliphatic rings. The van der Waals surface area contributed by atoms with Crippen LogP contribution in [0.1, 0.15) is 159 Å². The number of methoxy groups -OCH3 is 2. The molecule has 4 amide bonds. The van der Waals surface area contributed by atoms with Crippen LogP contribution in [0, 0.1) is 45.7 Å². The van der Waals surface area contributed by atoms with Gasteiger partial charge in [0.1, 0.15) is 56.9 Å². The van der Waals surface area contributed by atoms with E-state index in [-0.39, 0.29) is 35.3 Å². The number of aryl methyl sites for hydroxylation is 4. The molecule has 0 aromatic carbocycles. The third-order valence-corrected chi connectivity index (χ3v) is 17.7. The molecule has 1 aliphatic carbocycles. The second-order valence-electron chi connectivity index (χ2n) is 31.8. The van der Waals surface area contributed by atoms with E-state index in [2.05, 4.69) is 85.4 Å². The molecule has 0 spiro atoms. The molecule has 1 saturated heterocycles. The van der Waals surface area contributed by atoms with Crippen LogP contribution in [-0.2, 0) is 97.9 Å². The van der Waals surface area contributed by atoms with Crippen LogP contribution in [0.4, 0.5) is 54.7 Å². The van der Waals surface area contributed by atoms with Crippen LogP contribution in [0.25, 0.3) is 33.8 Å². The minimum Gasteiger partial charge on any atom is -0.464 e. The Morgan fingerprint density at radius 2 is 0.864 bits per heavy atom. The van der Waals surface area contributed by atoms with Crippen LogP contribution < -0.4 is 26.7 Å². The normalized spacial score (nSPS) is 13.4. The van der Waals surface area contributed by atoms with Gasteiger partial charge in [0.25, 0.3) is 0 Å². The molecule has 10 aromatic rings. The zero-order chi connectivity index (χ0) is 92.2. The quantitative estimate of drug-likeness (QED) is 0.0192. The number of hydrogen-bond acceptors (Lipinski definition) is 28. The van der Waals surface area contributed by atoms with Crippen LogP contribution >= 0.6 is 11.6 Å². The lowest BCUT2D eigenvalue weighted by Crippen LogP contribution is -2.48. The standard InChI is InChI=1S/C23H20F2N6O3.C23H25F2N5O4.C16H20N4O4.C11H17BN2O4.C10H13ClN2O2/c1-13(16-7-14(24)9-28-21(16)25)34-20(32)8-19-17(11-29-31(19)2)18-4-3-15(10-27-18)30-22(33)23(12-26)5-6-23;1-13(16-8-14(24)10-27-21(16)25)33-20(31)9-19-17(12-28-30(19)5)18-7-6-15(11-26-18)29-22(32)34-23(2,3)4;1-16(2,3)24-15(22)19-10-6-7-12(17-8-10)11-9-18-20(4)13(11)14(21)23-5;1-11(2)6-17-12(18-7-11)8-5-13-14(3)9(8)10(15)16-4;1-10(2,3)15-9(14)13-7-4-5-8(11)12-6-7/h3-4,7,9-11,13H,5-6,8H2,1-2H3,(H,30,33);6-8,10-13H,9H2,1-5H3,(H,29,32);6-9H,1-5H3,(H,19,22);5H,6-7H2,1-4H3;4-6H,1-3H3,(H,13,14)/t2*13-;;;/m11.../s1. The van der Waals surface area contributed by atoms with Gasteiger partial charge in [-0.25, -0.2) is 47.7 Å². The summed E-state index contributed by atoms with van der Waals surface area (Å²) in [5, 5.41) is 36.4. The topological polar surface area (TPSA) is 440 Å². The van der Waals surface area contributed by atoms with Gasteiger partial charge in [0.2, 0.25) is 17.8 Å². The molecule has 42 heteroatoms. The molecular weight excluding hydrogens is 1660 g/mol. The summed E-state index contributed by atoms with van der Waals surface area (Å²) in [6, 6.07) is 17.1. The molecular formula is C83H95BClF4N19O17. The average Bonchev–Trinajstić information content (AvgIpc) is 1.64. The number of hydrogen-bond donors (Lipinski definition) is 4. The summed E-state index contributed by atoms with van der Waals surface area (Å²) in [6.07, 6.45) is 10.5. The van der Waals surface area contributed by atoms with E-state index in [1.807, 2.05) is 6.07 Å². The number of halogens is 5. The number of esters is 4. The van der Waals surface area contributed by atoms with Crippen molar-refractivity contribution < 1.29 is 98.4 Å². The maximum absolute atomic E-state index is 13.9. The van der Waals surface area contributed by atoms with E-state index in [9.17, 15) is 55.9 Å². The highest BCUT2D eigenvalue weighted by molar-refractivity contribution is 6.62. The third-order valence-electron chi connectivity index (χ3n) is 17.5. The highest BCUT2D eigenvalue weighted by Crippen LogP contribution is 2.46. The molecule has 1 aliphatic heterocycles. The fraction of sp³-hybridized carbons (Fsp3) is 0.386. The van der Waals surface area contributed by atoms with E-state index >= 15 is 0 Å². The Labute approximate surface area is 721 Å². The lowest BCUT2D eigenvalue weighted by Gasteiger charge is -2.32. The van der Waals surface area contributed by atoms with Crippen molar-refractivity contribution in [2.24, 2.45) is 39.0 Å². The largest absolute Gasteiger partial charge is 0.498 e. The van der Waals surface area contributed by atoms with Crippen molar-refractivity contribution in [2.75, 3.05) is 48.7 Å². The zero-order valence-corrected chi connectivity index (χ0v) is 72.8. The summed E-state index contributed by atoms with van der Waals surface area (Å²) in [7, 11) is 8.73. The highest BCUT2D eigenvalue weighted by Gasteiger charge is 2.51. The van der Waals surface area contributed by atoms with E-state index < -0.39 is 107 Å². The Morgan fingerprint density at radius 3 is 1.23 bits per heavy atom. The summed E-state index contributed by atoms with van der Waals surface area (Å²) in [5.74, 6) is -5.92. The molecule has 36 nitrogen and oxygen atoms in total. The van der Waals surface area contributed by atoms with Gasteiger partial charge in [-0.1, -0.05) is 25.4 Å². The Balaban J connectivity index is 0.000000200. The minimum absolute atomic E-state index is 0.00978. The van der Waals surface area contributed by atoms with Crippen molar-refractivity contribution in [3.05, 3.63) is 185 Å². The molecule has 0 radical (unpaired) electrons. The summed E-state index contributed by atoms with van der Waals surface area (Å²) >= 11 is 5.60. The summed E-state index contributed by atoms with van der Waals surface area (Å²) < 4.78 is 107. The van der Waals surface area contributed by atoms with Gasteiger partial charge < -0.3 is 47.8 Å². The van der Waals surface area contributed by atoms with Crippen LogP contribution in [-0.4, -0.2) is 168 Å². The molecule has 10 aromatic heterocycles. The second kappa shape index (κ2) is 42.0. The van der Waals surface area contributed by atoms with Crippen molar-refractivity contribution in [3.63, 3.8) is 0 Å². The minimum atomic E-state index is -1.04. The predicted octanol–water partition coefficient (Wildman–Crippen LogP) is 13.3. The van der Waals surface area contributed by atoms with Crippen LogP contribution in [0.15, 0.2) is 123 Å². The molecule has 11 heterocycles. The maximum Gasteiger partial charge on any atom is 0.498 e. The zero-order valence-electron chi connectivity index (χ0n) is 72.1. The van der Waals surface area contributed by atoms with Gasteiger partial charge in [0.05, 0.1) is 157 Å². The van der Waals surface area contributed by atoms with Crippen molar-refractivity contribution in [1.82, 2.24) is 69.0 Å². The SMILES string of the molecule is CC(C)(C)OC(=O)Nc1ccc(Cl)nc1.COC(=O)c1c(-c2ccc(NC(=O)OC(C)(C)C)cn2)cnn1C.COC(=O)c1c(B2OCC(C)(C)CO2)cnn1C.C[C@@H](OC(=O)Cc1c(-c2ccc(NC(=O)C3(C#N)CC3)cn2)cnn1C)c1cc(F)cnc1F.C[C@@H](OC(=O)Cc1c(-c2ccc(NC(=O)OC(C)(C)C)cn2)cnn1C)c1cc(F)cnc1F. The van der Waals surface area contributed by atoms with Crippen molar-refractivity contribution in [2.45, 2.75) is 145 Å². The number of ether oxygens (including phenoxy) is 7. The number of anilines is 4. The molecule has 4 N–H and O–H groups in total. The number of nitrogens with zero attached hydrogens (tertiary/aromatic N) is 15. The second-order valence-corrected chi connectivity index (χ2v) is 32.2. The average molecular weight is 1750 g/mol. The smallest absolute Gasteiger partial charge is 0.464 e. The monoisotopic (exact) mass is 1750 g/mol. The van der Waals surface area contributed by atoms with E-state index in [0.29, 0.717) is 116 Å². The molecule has 125 heavy (non-hydrogen) atoms. The number of rotatable bonds is 19. The number of aromatic nitrogens is 14. The maximum atomic E-state index is 13.9. The van der Waals surface area contributed by atoms with Gasteiger partial charge in [-0.2, -0.15) is 34.4 Å². The van der Waals surface area contributed by atoms with Gasteiger partial charge in [-0.05, 0) is 150 Å². The number of amides is 4. The lowest BCUT2D eigenvalue weighted by molar-refractivity contribution is -0.149. The van der Waals surface area contributed by atoms with Gasteiger partial charge in [-0.3, -0.25) is 64.0 Å². The number of nitriles is 1. The molecule has 2 fully saturated rings. The van der Waals surface area contributed by atoms with Crippen LogP contribution in [0.2, 0.25) is 5.15 Å². The first-order chi connectivity index (χ1) is 58.7. The number of pyridine rings is 6. The highest BCUT2D eigenvalue weighted by atomic mass is 35.5. The van der Waals surface area contributed by atoms with E-state index in [0.717, 1.165) is 24.5 Å². The molecule has 0 bridgehead atoms. The first kappa shape index (κ1) is 96.8. The number of carbonyl (C=O) groups excluding carboxylic acids is 8. The summed E-state index contributed by atoms with van der Waals surface area (Å²) in [6.45, 7) is 24.2. The molecule has 662 valence electrons. The van der Waals surface area contributed by atoms with Crippen molar-refractivity contribution in [1.29, 1.82) is 5.26 Å². The van der Waals surface area contributed by atoms with Crippen LogP contribution in [0.5, 0.6) is 0 Å². The lowest BCUT2D eigenvalue weighted by atomic mass is 9.76. The van der Waals surface area contributed by atoms with Gasteiger partial charge in [-0.15, -0.1) is 0 Å². The number of carbonyl (C=O) groups is 8. The Bertz CT molecular complexity index is 5520. The van der Waals surface area contributed by atoms with E-state index in [4.69, 9.17) is 59.3 Å².